The molecule has 0 bridgehead atoms. The smallest absolute Gasteiger partial charge is 0.264 e. The van der Waals surface area contributed by atoms with Crippen LogP contribution < -0.4 is 15.8 Å². The zero-order valence-corrected chi connectivity index (χ0v) is 12.2. The first-order valence-corrected chi connectivity index (χ1v) is 7.16. The summed E-state index contributed by atoms with van der Waals surface area (Å²) in [5.74, 6) is 0.728. The van der Waals surface area contributed by atoms with E-state index in [9.17, 15) is 4.79 Å². The highest BCUT2D eigenvalue weighted by atomic mass is 32.1. The van der Waals surface area contributed by atoms with Crippen molar-refractivity contribution in [3.63, 3.8) is 0 Å². The van der Waals surface area contributed by atoms with Gasteiger partial charge in [0.1, 0.15) is 5.75 Å². The van der Waals surface area contributed by atoms with Crippen LogP contribution in [0.2, 0.25) is 0 Å². The summed E-state index contributed by atoms with van der Waals surface area (Å²) in [7, 11) is 0. The van der Waals surface area contributed by atoms with Gasteiger partial charge < -0.3 is 10.5 Å². The van der Waals surface area contributed by atoms with Gasteiger partial charge in [0.2, 0.25) is 0 Å². The fourth-order valence-electron chi connectivity index (χ4n) is 1.48. The molecule has 1 aromatic carbocycles. The number of thiazole rings is 1. The van der Waals surface area contributed by atoms with Gasteiger partial charge in [-0.3, -0.25) is 10.1 Å². The second kappa shape index (κ2) is 6.38. The van der Waals surface area contributed by atoms with Crippen LogP contribution in [0.25, 0.3) is 0 Å². The Morgan fingerprint density at radius 2 is 2.10 bits per heavy atom. The van der Waals surface area contributed by atoms with E-state index in [2.05, 4.69) is 24.1 Å². The lowest BCUT2D eigenvalue weighted by molar-refractivity contribution is -0.118. The average Bonchev–Trinajstić information content (AvgIpc) is 2.87. The van der Waals surface area contributed by atoms with Gasteiger partial charge in [0.15, 0.2) is 11.7 Å². The molecule has 0 saturated carbocycles. The van der Waals surface area contributed by atoms with E-state index in [1.807, 2.05) is 5.38 Å². The Morgan fingerprint density at radius 3 is 2.70 bits per heavy atom. The van der Waals surface area contributed by atoms with E-state index >= 15 is 0 Å². The summed E-state index contributed by atoms with van der Waals surface area (Å²) in [6.45, 7) is 4.07. The van der Waals surface area contributed by atoms with Crippen molar-refractivity contribution in [2.45, 2.75) is 19.8 Å². The predicted molar refractivity (Wildman–Crippen MR) is 81.2 cm³/mol. The summed E-state index contributed by atoms with van der Waals surface area (Å²) in [6, 6.07) is 6.90. The maximum atomic E-state index is 11.7. The molecule has 1 aromatic heterocycles. The topological polar surface area (TPSA) is 77.2 Å². The summed E-state index contributed by atoms with van der Waals surface area (Å²) in [5, 5.41) is 5.26. The molecule has 1 heterocycles. The van der Waals surface area contributed by atoms with Gasteiger partial charge in [-0.25, -0.2) is 4.98 Å². The number of amides is 1. The number of benzene rings is 1. The summed E-state index contributed by atoms with van der Waals surface area (Å²) >= 11 is 1.41. The first-order chi connectivity index (χ1) is 9.54. The highest BCUT2D eigenvalue weighted by Crippen LogP contribution is 2.21. The van der Waals surface area contributed by atoms with E-state index in [1.54, 1.807) is 24.3 Å². The standard InChI is InChI=1S/C14H17N3O2S/c1-9(2)12-8-20-14(16-12)17-13(18)7-19-11-5-3-10(15)4-6-11/h3-6,8-9H,7,15H2,1-2H3,(H,16,17,18). The Balaban J connectivity index is 1.84. The van der Waals surface area contributed by atoms with Crippen molar-refractivity contribution in [1.82, 2.24) is 4.98 Å². The van der Waals surface area contributed by atoms with Crippen molar-refractivity contribution in [2.75, 3.05) is 17.7 Å². The maximum absolute atomic E-state index is 11.7. The Morgan fingerprint density at radius 1 is 1.40 bits per heavy atom. The van der Waals surface area contributed by atoms with Crippen molar-refractivity contribution in [2.24, 2.45) is 0 Å². The summed E-state index contributed by atoms with van der Waals surface area (Å²) in [5.41, 5.74) is 7.20. The van der Waals surface area contributed by atoms with Crippen LogP contribution in [-0.4, -0.2) is 17.5 Å². The van der Waals surface area contributed by atoms with E-state index in [-0.39, 0.29) is 12.5 Å². The van der Waals surface area contributed by atoms with Crippen LogP contribution in [-0.2, 0) is 4.79 Å². The van der Waals surface area contributed by atoms with Crippen molar-refractivity contribution in [1.29, 1.82) is 0 Å². The number of nitrogens with zero attached hydrogens (tertiary/aromatic N) is 1. The molecular formula is C14H17N3O2S. The zero-order chi connectivity index (χ0) is 14.5. The third-order valence-corrected chi connectivity index (χ3v) is 3.39. The monoisotopic (exact) mass is 291 g/mol. The number of carbonyl (C=O) groups is 1. The molecule has 5 nitrogen and oxygen atoms in total. The molecule has 0 aliphatic heterocycles. The van der Waals surface area contributed by atoms with Crippen LogP contribution in [0.1, 0.15) is 25.5 Å². The van der Waals surface area contributed by atoms with Gasteiger partial charge in [-0.2, -0.15) is 0 Å². The highest BCUT2D eigenvalue weighted by Gasteiger charge is 2.09. The molecule has 1 amide bonds. The molecule has 0 radical (unpaired) electrons. The minimum absolute atomic E-state index is 0.0550. The number of nitrogens with two attached hydrogens (primary N) is 1. The molecule has 0 aliphatic rings. The number of rotatable bonds is 5. The number of hydrogen-bond donors (Lipinski definition) is 2. The summed E-state index contributed by atoms with van der Waals surface area (Å²) in [6.07, 6.45) is 0. The lowest BCUT2D eigenvalue weighted by Crippen LogP contribution is -2.20. The number of ether oxygens (including phenoxy) is 1. The maximum Gasteiger partial charge on any atom is 0.264 e. The molecule has 6 heteroatoms. The van der Waals surface area contributed by atoms with Crippen LogP contribution >= 0.6 is 11.3 Å². The molecular weight excluding hydrogens is 274 g/mol. The lowest BCUT2D eigenvalue weighted by Gasteiger charge is -2.06. The molecule has 3 N–H and O–H groups in total. The SMILES string of the molecule is CC(C)c1csc(NC(=O)COc2ccc(N)cc2)n1. The first-order valence-electron chi connectivity index (χ1n) is 6.28. The molecule has 0 aliphatic carbocycles. The van der Waals surface area contributed by atoms with E-state index in [4.69, 9.17) is 10.5 Å². The summed E-state index contributed by atoms with van der Waals surface area (Å²) < 4.78 is 5.36. The second-order valence-corrected chi connectivity index (χ2v) is 5.50. The molecule has 0 spiro atoms. The number of anilines is 2. The lowest BCUT2D eigenvalue weighted by atomic mass is 10.2. The average molecular weight is 291 g/mol. The van der Waals surface area contributed by atoms with E-state index < -0.39 is 0 Å². The van der Waals surface area contributed by atoms with Crippen molar-refractivity contribution in [3.05, 3.63) is 35.3 Å². The Labute approximate surface area is 121 Å². The van der Waals surface area contributed by atoms with Crippen LogP contribution in [0.4, 0.5) is 10.8 Å². The first kappa shape index (κ1) is 14.3. The molecule has 0 unspecified atom stereocenters. The molecule has 20 heavy (non-hydrogen) atoms. The van der Waals surface area contributed by atoms with E-state index in [0.717, 1.165) is 5.69 Å². The molecule has 0 atom stereocenters. The minimum Gasteiger partial charge on any atom is -0.484 e. The Kier molecular flexibility index (Phi) is 4.57. The number of carbonyl (C=O) groups excluding carboxylic acids is 1. The third-order valence-electron chi connectivity index (χ3n) is 2.61. The Bertz CT molecular complexity index is 578. The second-order valence-electron chi connectivity index (χ2n) is 4.64. The van der Waals surface area contributed by atoms with E-state index in [1.165, 1.54) is 11.3 Å². The van der Waals surface area contributed by atoms with Gasteiger partial charge in [0, 0.05) is 11.1 Å². The number of nitrogens with one attached hydrogen (secondary N) is 1. The number of hydrogen-bond acceptors (Lipinski definition) is 5. The van der Waals surface area contributed by atoms with Gasteiger partial charge in [-0.1, -0.05) is 13.8 Å². The normalized spacial score (nSPS) is 10.6. The quantitative estimate of drug-likeness (QED) is 0.830. The number of nitrogen functional groups attached to an aromatic ring is 1. The molecule has 2 rings (SSSR count). The van der Waals surface area contributed by atoms with Gasteiger partial charge in [-0.15, -0.1) is 11.3 Å². The highest BCUT2D eigenvalue weighted by molar-refractivity contribution is 7.13. The largest absolute Gasteiger partial charge is 0.484 e. The van der Waals surface area contributed by atoms with E-state index in [0.29, 0.717) is 22.5 Å². The van der Waals surface area contributed by atoms with Crippen molar-refractivity contribution >= 4 is 28.1 Å². The van der Waals surface area contributed by atoms with Crippen LogP contribution in [0, 0.1) is 0 Å². The molecule has 0 fully saturated rings. The molecule has 0 saturated heterocycles. The molecule has 106 valence electrons. The van der Waals surface area contributed by atoms with Crippen LogP contribution in [0.15, 0.2) is 29.6 Å². The van der Waals surface area contributed by atoms with Crippen molar-refractivity contribution < 1.29 is 9.53 Å². The van der Waals surface area contributed by atoms with Gasteiger partial charge >= 0.3 is 0 Å². The van der Waals surface area contributed by atoms with Crippen molar-refractivity contribution in [3.8, 4) is 5.75 Å². The minimum atomic E-state index is -0.230. The van der Waals surface area contributed by atoms with Crippen LogP contribution in [0.5, 0.6) is 5.75 Å². The predicted octanol–water partition coefficient (Wildman–Crippen LogP) is 2.87. The fraction of sp³-hybridized carbons (Fsp3) is 0.286. The third kappa shape index (κ3) is 3.96. The van der Waals surface area contributed by atoms with Gasteiger partial charge in [-0.05, 0) is 30.2 Å². The van der Waals surface area contributed by atoms with Gasteiger partial charge in [0.25, 0.3) is 5.91 Å². The van der Waals surface area contributed by atoms with Crippen LogP contribution in [0.3, 0.4) is 0 Å². The Hall–Kier alpha value is -2.08. The van der Waals surface area contributed by atoms with Gasteiger partial charge in [0.05, 0.1) is 5.69 Å². The summed E-state index contributed by atoms with van der Waals surface area (Å²) in [4.78, 5) is 16.1. The fourth-order valence-corrected chi connectivity index (χ4v) is 2.37. The molecule has 2 aromatic rings. The zero-order valence-electron chi connectivity index (χ0n) is 11.4. The number of aromatic nitrogens is 1.